The van der Waals surface area contributed by atoms with Crippen LogP contribution in [-0.2, 0) is 0 Å². The third-order valence-electron chi connectivity index (χ3n) is 2.52. The van der Waals surface area contributed by atoms with Crippen LogP contribution in [-0.4, -0.2) is 14.9 Å². The van der Waals surface area contributed by atoms with Crippen molar-refractivity contribution in [1.82, 2.24) is 9.78 Å². The molecule has 2 rings (SSSR count). The molecule has 0 saturated heterocycles. The van der Waals surface area contributed by atoms with E-state index in [1.807, 2.05) is 26.0 Å². The SMILES string of the molecule is Cc1ccc(-n2nc(N)c(O)cc2=O)c(C)c1. The van der Waals surface area contributed by atoms with E-state index in [1.165, 1.54) is 4.68 Å². The zero-order chi connectivity index (χ0) is 12.6. The fourth-order valence-electron chi connectivity index (χ4n) is 1.68. The quantitative estimate of drug-likeness (QED) is 0.771. The number of benzene rings is 1. The molecular formula is C12H13N3O2. The molecule has 0 spiro atoms. The van der Waals surface area contributed by atoms with Gasteiger partial charge in [0, 0.05) is 0 Å². The van der Waals surface area contributed by atoms with Gasteiger partial charge in [-0.05, 0) is 25.5 Å². The number of anilines is 1. The van der Waals surface area contributed by atoms with E-state index in [9.17, 15) is 9.90 Å². The van der Waals surface area contributed by atoms with E-state index in [4.69, 9.17) is 5.73 Å². The Kier molecular flexibility index (Phi) is 2.59. The largest absolute Gasteiger partial charge is 0.504 e. The molecule has 1 aromatic carbocycles. The van der Waals surface area contributed by atoms with Crippen LogP contribution in [0.1, 0.15) is 11.1 Å². The van der Waals surface area contributed by atoms with Gasteiger partial charge in [-0.3, -0.25) is 4.79 Å². The fraction of sp³-hybridized carbons (Fsp3) is 0.167. The molecule has 0 aliphatic carbocycles. The van der Waals surface area contributed by atoms with Crippen LogP contribution < -0.4 is 11.3 Å². The number of aryl methyl sites for hydroxylation is 2. The zero-order valence-corrected chi connectivity index (χ0v) is 9.64. The molecule has 0 radical (unpaired) electrons. The molecule has 0 saturated carbocycles. The van der Waals surface area contributed by atoms with Gasteiger partial charge in [-0.2, -0.15) is 4.68 Å². The highest BCUT2D eigenvalue weighted by atomic mass is 16.3. The molecular weight excluding hydrogens is 218 g/mol. The number of nitrogens with two attached hydrogens (primary N) is 1. The third kappa shape index (κ3) is 1.99. The lowest BCUT2D eigenvalue weighted by atomic mass is 10.1. The van der Waals surface area contributed by atoms with E-state index in [2.05, 4.69) is 5.10 Å². The van der Waals surface area contributed by atoms with Crippen molar-refractivity contribution in [1.29, 1.82) is 0 Å². The van der Waals surface area contributed by atoms with Crippen molar-refractivity contribution in [3.63, 3.8) is 0 Å². The maximum absolute atomic E-state index is 11.7. The molecule has 3 N–H and O–H groups in total. The van der Waals surface area contributed by atoms with Crippen LogP contribution in [0.5, 0.6) is 5.75 Å². The van der Waals surface area contributed by atoms with Crippen LogP contribution in [0.4, 0.5) is 5.82 Å². The smallest absolute Gasteiger partial charge is 0.275 e. The molecule has 0 amide bonds. The van der Waals surface area contributed by atoms with E-state index in [1.54, 1.807) is 6.07 Å². The first-order chi connectivity index (χ1) is 7.99. The number of hydrogen-bond donors (Lipinski definition) is 2. The summed E-state index contributed by atoms with van der Waals surface area (Å²) in [5.74, 6) is -0.361. The second-order valence-corrected chi connectivity index (χ2v) is 3.95. The van der Waals surface area contributed by atoms with E-state index in [0.717, 1.165) is 17.2 Å². The number of nitrogens with zero attached hydrogens (tertiary/aromatic N) is 2. The summed E-state index contributed by atoms with van der Waals surface area (Å²) in [7, 11) is 0. The predicted octanol–water partition coefficient (Wildman–Crippen LogP) is 1.14. The van der Waals surface area contributed by atoms with Crippen LogP contribution in [0.25, 0.3) is 5.69 Å². The molecule has 0 fully saturated rings. The van der Waals surface area contributed by atoms with Gasteiger partial charge in [0.25, 0.3) is 5.56 Å². The lowest BCUT2D eigenvalue weighted by Crippen LogP contribution is -2.22. The summed E-state index contributed by atoms with van der Waals surface area (Å²) < 4.78 is 1.18. The van der Waals surface area contributed by atoms with Gasteiger partial charge in [0.05, 0.1) is 11.8 Å². The third-order valence-corrected chi connectivity index (χ3v) is 2.52. The van der Waals surface area contributed by atoms with Crippen LogP contribution in [0.15, 0.2) is 29.1 Å². The molecule has 0 aliphatic heterocycles. The molecule has 0 aliphatic rings. The van der Waals surface area contributed by atoms with Crippen molar-refractivity contribution < 1.29 is 5.11 Å². The van der Waals surface area contributed by atoms with Crippen molar-refractivity contribution in [2.75, 3.05) is 5.73 Å². The summed E-state index contributed by atoms with van der Waals surface area (Å²) in [6.45, 7) is 3.86. The Hall–Kier alpha value is -2.30. The molecule has 88 valence electrons. The summed E-state index contributed by atoms with van der Waals surface area (Å²) in [5, 5.41) is 13.1. The molecule has 5 heteroatoms. The number of hydrogen-bond acceptors (Lipinski definition) is 4. The lowest BCUT2D eigenvalue weighted by molar-refractivity contribution is 0.471. The maximum atomic E-state index is 11.7. The van der Waals surface area contributed by atoms with E-state index < -0.39 is 5.56 Å². The van der Waals surface area contributed by atoms with Crippen LogP contribution in [0.3, 0.4) is 0 Å². The number of nitrogen functional groups attached to an aromatic ring is 1. The van der Waals surface area contributed by atoms with Crippen molar-refractivity contribution >= 4 is 5.82 Å². The highest BCUT2D eigenvalue weighted by Crippen LogP contribution is 2.16. The van der Waals surface area contributed by atoms with Crippen molar-refractivity contribution in [3.8, 4) is 11.4 Å². The highest BCUT2D eigenvalue weighted by molar-refractivity contribution is 5.46. The Morgan fingerprint density at radius 3 is 2.65 bits per heavy atom. The normalized spacial score (nSPS) is 10.5. The molecule has 0 unspecified atom stereocenters. The summed E-state index contributed by atoms with van der Waals surface area (Å²) in [6, 6.07) is 6.70. The summed E-state index contributed by atoms with van der Waals surface area (Å²) in [5.41, 5.74) is 7.76. The van der Waals surface area contributed by atoms with Crippen LogP contribution >= 0.6 is 0 Å². The van der Waals surface area contributed by atoms with E-state index in [0.29, 0.717) is 5.69 Å². The molecule has 0 bridgehead atoms. The van der Waals surface area contributed by atoms with E-state index in [-0.39, 0.29) is 11.6 Å². The van der Waals surface area contributed by atoms with Gasteiger partial charge >= 0.3 is 0 Å². The van der Waals surface area contributed by atoms with Gasteiger partial charge in [0.1, 0.15) is 0 Å². The van der Waals surface area contributed by atoms with Crippen LogP contribution in [0.2, 0.25) is 0 Å². The maximum Gasteiger partial charge on any atom is 0.275 e. The van der Waals surface area contributed by atoms with E-state index >= 15 is 0 Å². The van der Waals surface area contributed by atoms with Crippen molar-refractivity contribution in [2.45, 2.75) is 13.8 Å². The van der Waals surface area contributed by atoms with Crippen molar-refractivity contribution in [2.24, 2.45) is 0 Å². The number of aromatic nitrogens is 2. The molecule has 2 aromatic rings. The Balaban J connectivity index is 2.69. The number of aromatic hydroxyl groups is 1. The minimum Gasteiger partial charge on any atom is -0.504 e. The van der Waals surface area contributed by atoms with Gasteiger partial charge in [-0.15, -0.1) is 5.10 Å². The molecule has 5 nitrogen and oxygen atoms in total. The second-order valence-electron chi connectivity index (χ2n) is 3.95. The first-order valence-electron chi connectivity index (χ1n) is 5.15. The zero-order valence-electron chi connectivity index (χ0n) is 9.64. The Bertz CT molecular complexity index is 632. The first kappa shape index (κ1) is 11.2. The molecule has 0 atom stereocenters. The van der Waals surface area contributed by atoms with Gasteiger partial charge < -0.3 is 10.8 Å². The van der Waals surface area contributed by atoms with Crippen molar-refractivity contribution in [3.05, 3.63) is 45.7 Å². The molecule has 17 heavy (non-hydrogen) atoms. The Labute approximate surface area is 98.1 Å². The molecule has 1 heterocycles. The average Bonchev–Trinajstić information content (AvgIpc) is 2.24. The van der Waals surface area contributed by atoms with Crippen LogP contribution in [0, 0.1) is 13.8 Å². The highest BCUT2D eigenvalue weighted by Gasteiger charge is 2.08. The summed E-state index contributed by atoms with van der Waals surface area (Å²) in [4.78, 5) is 11.7. The average molecular weight is 231 g/mol. The Morgan fingerprint density at radius 2 is 2.00 bits per heavy atom. The summed E-state index contributed by atoms with van der Waals surface area (Å²) >= 11 is 0. The predicted molar refractivity (Wildman–Crippen MR) is 65.4 cm³/mol. The van der Waals surface area contributed by atoms with Gasteiger partial charge in [-0.25, -0.2) is 0 Å². The Morgan fingerprint density at radius 1 is 1.29 bits per heavy atom. The van der Waals surface area contributed by atoms with Gasteiger partial charge in [0.2, 0.25) is 0 Å². The fourth-order valence-corrected chi connectivity index (χ4v) is 1.68. The monoisotopic (exact) mass is 231 g/mol. The first-order valence-corrected chi connectivity index (χ1v) is 5.15. The second kappa shape index (κ2) is 3.93. The topological polar surface area (TPSA) is 81.1 Å². The summed E-state index contributed by atoms with van der Waals surface area (Å²) in [6.07, 6.45) is 0. The van der Waals surface area contributed by atoms with Gasteiger partial charge in [-0.1, -0.05) is 17.7 Å². The minimum atomic E-state index is -0.413. The number of rotatable bonds is 1. The lowest BCUT2D eigenvalue weighted by Gasteiger charge is -2.09. The van der Waals surface area contributed by atoms with Gasteiger partial charge in [0.15, 0.2) is 11.6 Å². The minimum absolute atomic E-state index is 0.0652. The molecule has 1 aromatic heterocycles. The standard InChI is InChI=1S/C12H13N3O2/c1-7-3-4-9(8(2)5-7)15-11(17)6-10(16)12(13)14-15/h3-6,16H,1-2H3,(H2,13,14).